The molecule has 0 aliphatic carbocycles. The van der Waals surface area contributed by atoms with Crippen molar-refractivity contribution >= 4 is 21.9 Å². The monoisotopic (exact) mass is 423 g/mol. The fourth-order valence-corrected chi connectivity index (χ4v) is 4.29. The van der Waals surface area contributed by atoms with Crippen molar-refractivity contribution < 1.29 is 27.9 Å². The Balaban J connectivity index is 2.25. The second kappa shape index (κ2) is 8.34. The van der Waals surface area contributed by atoms with E-state index in [-0.39, 0.29) is 16.9 Å². The minimum Gasteiger partial charge on any atom is -0.464 e. The van der Waals surface area contributed by atoms with Crippen molar-refractivity contribution in [1.29, 1.82) is 0 Å². The first-order chi connectivity index (χ1) is 13.3. The molecule has 2 rings (SSSR count). The number of carboxylic acid groups (broad SMARTS) is 1. The van der Waals surface area contributed by atoms with E-state index < -0.39 is 39.3 Å². The molecule has 29 heavy (non-hydrogen) atoms. The molecule has 0 aliphatic heterocycles. The molecule has 0 amide bonds. The van der Waals surface area contributed by atoms with E-state index in [2.05, 4.69) is 4.98 Å². The number of esters is 1. The van der Waals surface area contributed by atoms with Gasteiger partial charge in [-0.3, -0.25) is 0 Å². The third-order valence-corrected chi connectivity index (χ3v) is 5.74. The van der Waals surface area contributed by atoms with Crippen molar-refractivity contribution in [3.63, 3.8) is 0 Å². The summed E-state index contributed by atoms with van der Waals surface area (Å²) in [5.74, 6) is -1.17. The van der Waals surface area contributed by atoms with Gasteiger partial charge in [0.1, 0.15) is 11.9 Å². The molecule has 1 aromatic heterocycles. The predicted molar refractivity (Wildman–Crippen MR) is 106 cm³/mol. The number of hydrogen-bond donors (Lipinski definition) is 2. The van der Waals surface area contributed by atoms with Gasteiger partial charge < -0.3 is 15.6 Å². The van der Waals surface area contributed by atoms with E-state index in [0.717, 1.165) is 10.9 Å². The van der Waals surface area contributed by atoms with Crippen LogP contribution < -0.4 is 5.73 Å². The molecule has 9 nitrogen and oxygen atoms in total. The molecular formula is C19H25N3O6S. The van der Waals surface area contributed by atoms with Gasteiger partial charge in [0.05, 0.1) is 21.9 Å². The highest BCUT2D eigenvalue weighted by atomic mass is 32.2. The minimum absolute atomic E-state index is 0.0396. The molecule has 158 valence electrons. The maximum atomic E-state index is 12.9. The largest absolute Gasteiger partial charge is 0.464 e. The highest BCUT2D eigenvalue weighted by molar-refractivity contribution is 7.91. The van der Waals surface area contributed by atoms with Gasteiger partial charge in [-0.15, -0.1) is 0 Å². The van der Waals surface area contributed by atoms with Gasteiger partial charge in [-0.2, -0.15) is 0 Å². The first-order valence-electron chi connectivity index (χ1n) is 8.87. The first kappa shape index (κ1) is 22.6. The van der Waals surface area contributed by atoms with Crippen LogP contribution in [0.5, 0.6) is 0 Å². The second-order valence-electron chi connectivity index (χ2n) is 7.80. The minimum atomic E-state index is -3.91. The summed E-state index contributed by atoms with van der Waals surface area (Å²) in [6, 6.07) is 3.60. The molecule has 0 radical (unpaired) electrons. The number of carbonyl (C=O) groups is 2. The lowest BCUT2D eigenvalue weighted by Crippen LogP contribution is -2.33. The number of nitrogens with two attached hydrogens (primary N) is 1. The maximum Gasteiger partial charge on any atom is 0.416 e. The number of benzene rings is 1. The zero-order valence-electron chi connectivity index (χ0n) is 16.7. The van der Waals surface area contributed by atoms with Gasteiger partial charge in [0.25, 0.3) is 0 Å². The third-order valence-electron chi connectivity index (χ3n) is 3.85. The Morgan fingerprint density at radius 3 is 2.52 bits per heavy atom. The average molecular weight is 423 g/mol. The molecule has 3 N–H and O–H groups in total. The average Bonchev–Trinajstić information content (AvgIpc) is 3.00. The topological polar surface area (TPSA) is 142 Å². The van der Waals surface area contributed by atoms with Crippen molar-refractivity contribution in [2.75, 3.05) is 5.75 Å². The Labute approximate surface area is 169 Å². The van der Waals surface area contributed by atoms with Crippen LogP contribution in [0.3, 0.4) is 0 Å². The zero-order chi connectivity index (χ0) is 22.0. The number of carbonyl (C=O) groups excluding carboxylic acids is 1. The van der Waals surface area contributed by atoms with E-state index in [1.807, 2.05) is 0 Å². The quantitative estimate of drug-likeness (QED) is 0.672. The number of hydrogen-bond acceptors (Lipinski definition) is 7. The molecule has 0 bridgehead atoms. The summed E-state index contributed by atoms with van der Waals surface area (Å²) in [5, 5.41) is 8.90. The van der Waals surface area contributed by atoms with E-state index in [9.17, 15) is 18.0 Å². The van der Waals surface area contributed by atoms with Crippen LogP contribution in [0.4, 0.5) is 4.79 Å². The lowest BCUT2D eigenvalue weighted by Gasteiger charge is -2.21. The highest BCUT2D eigenvalue weighted by Crippen LogP contribution is 2.23. The molecule has 0 fully saturated rings. The third kappa shape index (κ3) is 6.13. The summed E-state index contributed by atoms with van der Waals surface area (Å²) in [7, 11) is -3.91. The highest BCUT2D eigenvalue weighted by Gasteiger charge is 2.28. The first-order valence-corrected chi connectivity index (χ1v) is 10.5. The lowest BCUT2D eigenvalue weighted by atomic mass is 10.1. The Bertz CT molecular complexity index is 1020. The van der Waals surface area contributed by atoms with Crippen molar-refractivity contribution in [3.8, 4) is 0 Å². The number of rotatable bonds is 6. The van der Waals surface area contributed by atoms with Crippen LogP contribution in [0.25, 0.3) is 0 Å². The van der Waals surface area contributed by atoms with Gasteiger partial charge in [-0.25, -0.2) is 27.6 Å². The molecular weight excluding hydrogens is 398 g/mol. The summed E-state index contributed by atoms with van der Waals surface area (Å²) < 4.78 is 32.1. The van der Waals surface area contributed by atoms with Crippen LogP contribution in [0, 0.1) is 6.92 Å². The van der Waals surface area contributed by atoms with Gasteiger partial charge in [0.15, 0.2) is 9.84 Å². The number of aromatic nitrogens is 2. The fraction of sp³-hybridized carbons (Fsp3) is 0.421. The Hall–Kier alpha value is -2.72. The van der Waals surface area contributed by atoms with E-state index >= 15 is 0 Å². The van der Waals surface area contributed by atoms with E-state index in [4.69, 9.17) is 15.6 Å². The molecule has 1 aromatic carbocycles. The molecule has 0 saturated carbocycles. The molecule has 1 atom stereocenters. The SMILES string of the molecule is Cc1ccc(S(=O)(=O)C[C@@H](N)Cc2cn(C(=O)O)cn2)c(C(=O)OC(C)(C)C)c1. The Kier molecular flexibility index (Phi) is 6.49. The van der Waals surface area contributed by atoms with Crippen molar-refractivity contribution in [2.45, 2.75) is 50.7 Å². The van der Waals surface area contributed by atoms with Crippen LogP contribution in [0.2, 0.25) is 0 Å². The number of nitrogens with zero attached hydrogens (tertiary/aromatic N) is 2. The van der Waals surface area contributed by atoms with Gasteiger partial charge in [0.2, 0.25) is 0 Å². The molecule has 0 unspecified atom stereocenters. The Morgan fingerprint density at radius 2 is 1.97 bits per heavy atom. The van der Waals surface area contributed by atoms with Crippen LogP contribution in [0.1, 0.15) is 42.4 Å². The second-order valence-corrected chi connectivity index (χ2v) is 9.80. The molecule has 2 aromatic rings. The van der Waals surface area contributed by atoms with Crippen molar-refractivity contribution in [2.24, 2.45) is 5.73 Å². The fourth-order valence-electron chi connectivity index (χ4n) is 2.68. The van der Waals surface area contributed by atoms with Crippen molar-refractivity contribution in [1.82, 2.24) is 9.55 Å². The van der Waals surface area contributed by atoms with Gasteiger partial charge >= 0.3 is 12.1 Å². The van der Waals surface area contributed by atoms with Gasteiger partial charge in [-0.05, 0) is 39.8 Å². The summed E-state index contributed by atoms with van der Waals surface area (Å²) in [5.41, 5.74) is 6.23. The Morgan fingerprint density at radius 1 is 1.31 bits per heavy atom. The molecule has 0 aliphatic rings. The number of imidazole rings is 1. The maximum absolute atomic E-state index is 12.9. The van der Waals surface area contributed by atoms with Gasteiger partial charge in [0, 0.05) is 18.7 Å². The van der Waals surface area contributed by atoms with Crippen LogP contribution in [-0.4, -0.2) is 52.5 Å². The van der Waals surface area contributed by atoms with Crippen LogP contribution >= 0.6 is 0 Å². The molecule has 1 heterocycles. The van der Waals surface area contributed by atoms with E-state index in [1.54, 1.807) is 33.8 Å². The van der Waals surface area contributed by atoms with Crippen LogP contribution in [0.15, 0.2) is 35.6 Å². The smallest absolute Gasteiger partial charge is 0.416 e. The molecule has 0 spiro atoms. The lowest BCUT2D eigenvalue weighted by molar-refractivity contribution is 0.00649. The predicted octanol–water partition coefficient (Wildman–Crippen LogP) is 2.02. The van der Waals surface area contributed by atoms with Crippen LogP contribution in [-0.2, 0) is 21.0 Å². The van der Waals surface area contributed by atoms with E-state index in [0.29, 0.717) is 11.3 Å². The molecule has 0 saturated heterocycles. The normalized spacial score (nSPS) is 13.1. The number of ether oxygens (including phenoxy) is 1. The van der Waals surface area contributed by atoms with E-state index in [1.165, 1.54) is 18.3 Å². The molecule has 10 heteroatoms. The zero-order valence-corrected chi connectivity index (χ0v) is 17.6. The summed E-state index contributed by atoms with van der Waals surface area (Å²) in [4.78, 5) is 27.2. The number of sulfone groups is 1. The van der Waals surface area contributed by atoms with Crippen molar-refractivity contribution in [3.05, 3.63) is 47.5 Å². The standard InChI is InChI=1S/C19H25N3O6S/c1-12-5-6-16(15(7-12)17(23)28-19(2,3)4)29(26,27)10-13(20)8-14-9-22(11-21-14)18(24)25/h5-7,9,11,13H,8,10,20H2,1-4H3,(H,24,25)/t13-/m0/s1. The van der Waals surface area contributed by atoms with Gasteiger partial charge in [-0.1, -0.05) is 11.6 Å². The summed E-state index contributed by atoms with van der Waals surface area (Å²) in [6.07, 6.45) is 1.24. The summed E-state index contributed by atoms with van der Waals surface area (Å²) >= 11 is 0. The summed E-state index contributed by atoms with van der Waals surface area (Å²) in [6.45, 7) is 6.83. The number of aryl methyl sites for hydroxylation is 1.